The normalized spacial score (nSPS) is 14.4. The highest BCUT2D eigenvalue weighted by molar-refractivity contribution is 5.81. The van der Waals surface area contributed by atoms with Crippen molar-refractivity contribution < 1.29 is 13.2 Å². The Morgan fingerprint density at radius 1 is 1.33 bits per heavy atom. The van der Waals surface area contributed by atoms with Gasteiger partial charge in [0.15, 0.2) is 0 Å². The number of hydrogen-bond acceptors (Lipinski definition) is 2. The molecule has 1 unspecified atom stereocenters. The molecule has 0 fully saturated rings. The molecule has 0 aliphatic heterocycles. The highest BCUT2D eigenvalue weighted by atomic mass is 19.4. The SMILES string of the molecule is NC(c1cccc2cn[nH]c12)C(F)(F)F. The predicted molar refractivity (Wildman–Crippen MR) is 49.1 cm³/mol. The van der Waals surface area contributed by atoms with Gasteiger partial charge in [-0.05, 0) is 0 Å². The molecular formula is C9H8F3N3. The summed E-state index contributed by atoms with van der Waals surface area (Å²) in [5.74, 6) is 0. The Kier molecular flexibility index (Phi) is 2.15. The molecule has 0 amide bonds. The number of hydrogen-bond donors (Lipinski definition) is 2. The van der Waals surface area contributed by atoms with Crippen molar-refractivity contribution in [3.63, 3.8) is 0 Å². The number of para-hydroxylation sites is 1. The minimum atomic E-state index is -4.45. The lowest BCUT2D eigenvalue weighted by atomic mass is 10.0. The molecule has 0 aliphatic carbocycles. The lowest BCUT2D eigenvalue weighted by Gasteiger charge is -2.16. The molecule has 1 aromatic carbocycles. The molecule has 0 saturated heterocycles. The van der Waals surface area contributed by atoms with Crippen molar-refractivity contribution >= 4 is 10.9 Å². The van der Waals surface area contributed by atoms with Crippen LogP contribution in [0.25, 0.3) is 10.9 Å². The number of H-pyrrole nitrogens is 1. The molecule has 1 aromatic heterocycles. The van der Waals surface area contributed by atoms with Gasteiger partial charge in [0, 0.05) is 10.9 Å². The molecule has 2 rings (SSSR count). The van der Waals surface area contributed by atoms with Crippen LogP contribution in [0.15, 0.2) is 24.4 Å². The first-order chi connectivity index (χ1) is 7.00. The standard InChI is InChI=1S/C9H8F3N3/c10-9(11,12)8(13)6-3-1-2-5-4-14-15-7(5)6/h1-4,8H,13H2,(H,14,15). The zero-order valence-electron chi connectivity index (χ0n) is 7.55. The fraction of sp³-hybridized carbons (Fsp3) is 0.222. The summed E-state index contributed by atoms with van der Waals surface area (Å²) in [5, 5.41) is 6.81. The van der Waals surface area contributed by atoms with Crippen molar-refractivity contribution in [3.05, 3.63) is 30.0 Å². The second-order valence-electron chi connectivity index (χ2n) is 3.20. The summed E-state index contributed by atoms with van der Waals surface area (Å²) < 4.78 is 37.2. The summed E-state index contributed by atoms with van der Waals surface area (Å²) in [5.41, 5.74) is 5.47. The van der Waals surface area contributed by atoms with E-state index in [1.807, 2.05) is 0 Å². The van der Waals surface area contributed by atoms with Gasteiger partial charge in [-0.1, -0.05) is 18.2 Å². The van der Waals surface area contributed by atoms with Gasteiger partial charge < -0.3 is 5.73 Å². The molecule has 3 N–H and O–H groups in total. The van der Waals surface area contributed by atoms with Gasteiger partial charge in [-0.2, -0.15) is 18.3 Å². The zero-order chi connectivity index (χ0) is 11.1. The van der Waals surface area contributed by atoms with Gasteiger partial charge in [0.25, 0.3) is 0 Å². The molecule has 0 bridgehead atoms. The second-order valence-corrected chi connectivity index (χ2v) is 3.20. The summed E-state index contributed by atoms with van der Waals surface area (Å²) in [7, 11) is 0. The molecule has 0 spiro atoms. The molecule has 6 heteroatoms. The van der Waals surface area contributed by atoms with Gasteiger partial charge in [-0.15, -0.1) is 0 Å². The highest BCUT2D eigenvalue weighted by Crippen LogP contribution is 2.33. The van der Waals surface area contributed by atoms with E-state index in [2.05, 4.69) is 10.2 Å². The fourth-order valence-corrected chi connectivity index (χ4v) is 1.43. The first kappa shape index (κ1) is 9.97. The van der Waals surface area contributed by atoms with E-state index in [0.29, 0.717) is 10.9 Å². The van der Waals surface area contributed by atoms with Crippen LogP contribution in [0.3, 0.4) is 0 Å². The van der Waals surface area contributed by atoms with E-state index in [0.717, 1.165) is 0 Å². The third kappa shape index (κ3) is 1.68. The second kappa shape index (κ2) is 3.23. The third-order valence-corrected chi connectivity index (χ3v) is 2.20. The van der Waals surface area contributed by atoms with Gasteiger partial charge >= 0.3 is 6.18 Å². The van der Waals surface area contributed by atoms with Crippen molar-refractivity contribution in [1.29, 1.82) is 0 Å². The Bertz CT molecular complexity index is 475. The molecule has 3 nitrogen and oxygen atoms in total. The number of halogens is 3. The molecular weight excluding hydrogens is 207 g/mol. The minimum absolute atomic E-state index is 0.0116. The van der Waals surface area contributed by atoms with Gasteiger partial charge in [0.2, 0.25) is 0 Å². The van der Waals surface area contributed by atoms with Crippen LogP contribution in [0.2, 0.25) is 0 Å². The van der Waals surface area contributed by atoms with Gasteiger partial charge in [0.05, 0.1) is 11.7 Å². The lowest BCUT2D eigenvalue weighted by Crippen LogP contribution is -2.28. The van der Waals surface area contributed by atoms with Crippen LogP contribution < -0.4 is 5.73 Å². The molecule has 0 aliphatic rings. The molecule has 15 heavy (non-hydrogen) atoms. The summed E-state index contributed by atoms with van der Waals surface area (Å²) >= 11 is 0. The van der Waals surface area contributed by atoms with Crippen LogP contribution in [0.1, 0.15) is 11.6 Å². The fourth-order valence-electron chi connectivity index (χ4n) is 1.43. The number of alkyl halides is 3. The number of nitrogens with zero attached hydrogens (tertiary/aromatic N) is 1. The van der Waals surface area contributed by atoms with Crippen molar-refractivity contribution in [1.82, 2.24) is 10.2 Å². The van der Waals surface area contributed by atoms with Gasteiger partial charge in [0.1, 0.15) is 6.04 Å². The Hall–Kier alpha value is -1.56. The van der Waals surface area contributed by atoms with Crippen LogP contribution in [0.5, 0.6) is 0 Å². The quantitative estimate of drug-likeness (QED) is 0.765. The highest BCUT2D eigenvalue weighted by Gasteiger charge is 2.38. The van der Waals surface area contributed by atoms with Crippen LogP contribution in [0.4, 0.5) is 13.2 Å². The number of aromatic amines is 1. The average molecular weight is 215 g/mol. The summed E-state index contributed by atoms with van der Waals surface area (Å²) in [6.45, 7) is 0. The number of benzene rings is 1. The zero-order valence-corrected chi connectivity index (χ0v) is 7.55. The Morgan fingerprint density at radius 2 is 2.07 bits per heavy atom. The minimum Gasteiger partial charge on any atom is -0.316 e. The molecule has 0 saturated carbocycles. The first-order valence-electron chi connectivity index (χ1n) is 4.24. The van der Waals surface area contributed by atoms with Crippen LogP contribution in [-0.4, -0.2) is 16.4 Å². The number of rotatable bonds is 1. The van der Waals surface area contributed by atoms with Crippen LogP contribution >= 0.6 is 0 Å². The topological polar surface area (TPSA) is 54.7 Å². The Balaban J connectivity index is 2.56. The van der Waals surface area contributed by atoms with Crippen LogP contribution in [0, 0.1) is 0 Å². The Labute approximate surface area is 83.1 Å². The van der Waals surface area contributed by atoms with E-state index in [9.17, 15) is 13.2 Å². The van der Waals surface area contributed by atoms with Gasteiger partial charge in [-0.3, -0.25) is 5.10 Å². The maximum absolute atomic E-state index is 12.4. The summed E-state index contributed by atoms with van der Waals surface area (Å²) in [4.78, 5) is 0. The Morgan fingerprint density at radius 3 is 2.73 bits per heavy atom. The molecule has 80 valence electrons. The molecule has 0 radical (unpaired) electrons. The molecule has 2 aromatic rings. The van der Waals surface area contributed by atoms with Crippen molar-refractivity contribution in [3.8, 4) is 0 Å². The van der Waals surface area contributed by atoms with Crippen molar-refractivity contribution in [2.75, 3.05) is 0 Å². The van der Waals surface area contributed by atoms with Crippen LogP contribution in [-0.2, 0) is 0 Å². The lowest BCUT2D eigenvalue weighted by molar-refractivity contribution is -0.148. The van der Waals surface area contributed by atoms with Crippen molar-refractivity contribution in [2.24, 2.45) is 5.73 Å². The monoisotopic (exact) mass is 215 g/mol. The number of nitrogens with one attached hydrogen (secondary N) is 1. The number of fused-ring (bicyclic) bond motifs is 1. The maximum Gasteiger partial charge on any atom is 0.407 e. The summed E-state index contributed by atoms with van der Waals surface area (Å²) in [6, 6.07) is 2.56. The van der Waals surface area contributed by atoms with Crippen molar-refractivity contribution in [2.45, 2.75) is 12.2 Å². The maximum atomic E-state index is 12.4. The smallest absolute Gasteiger partial charge is 0.316 e. The first-order valence-corrected chi connectivity index (χ1v) is 4.24. The number of aromatic nitrogens is 2. The van der Waals surface area contributed by atoms with E-state index in [4.69, 9.17) is 5.73 Å². The number of nitrogens with two attached hydrogens (primary N) is 1. The summed E-state index contributed by atoms with van der Waals surface area (Å²) in [6.07, 6.45) is -2.98. The molecule has 1 atom stereocenters. The van der Waals surface area contributed by atoms with E-state index < -0.39 is 12.2 Å². The van der Waals surface area contributed by atoms with Gasteiger partial charge in [-0.25, -0.2) is 0 Å². The predicted octanol–water partition coefficient (Wildman–Crippen LogP) is 2.12. The third-order valence-electron chi connectivity index (χ3n) is 2.20. The largest absolute Gasteiger partial charge is 0.407 e. The average Bonchev–Trinajstić information content (AvgIpc) is 2.62. The van der Waals surface area contributed by atoms with E-state index in [1.165, 1.54) is 18.3 Å². The van der Waals surface area contributed by atoms with E-state index >= 15 is 0 Å². The van der Waals surface area contributed by atoms with E-state index in [-0.39, 0.29) is 5.56 Å². The van der Waals surface area contributed by atoms with E-state index in [1.54, 1.807) is 6.07 Å². The molecule has 1 heterocycles.